The maximum atomic E-state index is 12.5. The number of hydrogen-bond donors (Lipinski definition) is 1. The van der Waals surface area contributed by atoms with Crippen molar-refractivity contribution >= 4 is 12.4 Å². The minimum absolute atomic E-state index is 0. The molecule has 2 rings (SSSR count). The van der Waals surface area contributed by atoms with E-state index in [1.165, 1.54) is 12.7 Å². The number of rotatable bonds is 9. The van der Waals surface area contributed by atoms with Gasteiger partial charge >= 0.3 is 6.61 Å². The lowest BCUT2D eigenvalue weighted by atomic mass is 10.1. The lowest BCUT2D eigenvalue weighted by molar-refractivity contribution is -0.0512. The van der Waals surface area contributed by atoms with Crippen LogP contribution in [0.4, 0.5) is 8.78 Å². The smallest absolute Gasteiger partial charge is 0.387 e. The molecule has 2 aromatic rings. The summed E-state index contributed by atoms with van der Waals surface area (Å²) in [7, 11) is 1.42. The zero-order valence-corrected chi connectivity index (χ0v) is 14.8. The Morgan fingerprint density at radius 3 is 2.28 bits per heavy atom. The van der Waals surface area contributed by atoms with E-state index >= 15 is 0 Å². The third-order valence-corrected chi connectivity index (χ3v) is 3.54. The molecule has 0 fully saturated rings. The van der Waals surface area contributed by atoms with E-state index < -0.39 is 6.61 Å². The van der Waals surface area contributed by atoms with Crippen molar-refractivity contribution in [3.8, 4) is 11.5 Å². The number of nitrogens with zero attached hydrogens (tertiary/aromatic N) is 1. The van der Waals surface area contributed by atoms with Crippen molar-refractivity contribution in [2.24, 2.45) is 5.73 Å². The third-order valence-electron chi connectivity index (χ3n) is 3.54. The van der Waals surface area contributed by atoms with Crippen molar-refractivity contribution in [2.75, 3.05) is 20.2 Å². The molecule has 0 spiro atoms. The predicted octanol–water partition coefficient (Wildman–Crippen LogP) is 3.68. The zero-order chi connectivity index (χ0) is 17.4. The Balaban J connectivity index is 0.00000312. The van der Waals surface area contributed by atoms with Gasteiger partial charge in [0.15, 0.2) is 11.5 Å². The molecule has 2 aromatic carbocycles. The summed E-state index contributed by atoms with van der Waals surface area (Å²) in [4.78, 5) is 2.16. The van der Waals surface area contributed by atoms with Crippen molar-refractivity contribution in [3.05, 3.63) is 59.7 Å². The highest BCUT2D eigenvalue weighted by Gasteiger charge is 2.13. The number of ether oxygens (including phenoxy) is 2. The monoisotopic (exact) mass is 372 g/mol. The van der Waals surface area contributed by atoms with Gasteiger partial charge in [0, 0.05) is 26.2 Å². The Hall–Kier alpha value is -1.89. The molecule has 4 nitrogen and oxygen atoms in total. The second kappa shape index (κ2) is 10.9. The first-order valence-electron chi connectivity index (χ1n) is 7.70. The summed E-state index contributed by atoms with van der Waals surface area (Å²) in [6.45, 7) is -0.362. The number of methoxy groups -OCH3 is 1. The van der Waals surface area contributed by atoms with Gasteiger partial charge in [0.1, 0.15) is 0 Å². The van der Waals surface area contributed by atoms with E-state index in [1.54, 1.807) is 12.1 Å². The van der Waals surface area contributed by atoms with E-state index in [0.717, 1.165) is 12.1 Å². The minimum atomic E-state index is -2.89. The molecule has 138 valence electrons. The van der Waals surface area contributed by atoms with Crippen LogP contribution in [0.2, 0.25) is 0 Å². The van der Waals surface area contributed by atoms with E-state index in [2.05, 4.69) is 9.64 Å². The number of halogens is 3. The van der Waals surface area contributed by atoms with E-state index in [1.807, 2.05) is 36.4 Å². The second-order valence-corrected chi connectivity index (χ2v) is 5.35. The van der Waals surface area contributed by atoms with E-state index in [-0.39, 0.29) is 23.9 Å². The third kappa shape index (κ3) is 6.86. The highest BCUT2D eigenvalue weighted by Crippen LogP contribution is 2.30. The van der Waals surface area contributed by atoms with Crippen molar-refractivity contribution in [2.45, 2.75) is 19.7 Å². The molecule has 0 aromatic heterocycles. The summed E-state index contributed by atoms with van der Waals surface area (Å²) >= 11 is 0. The van der Waals surface area contributed by atoms with Crippen LogP contribution in [0.5, 0.6) is 11.5 Å². The quantitative estimate of drug-likeness (QED) is 0.729. The first kappa shape index (κ1) is 21.2. The molecule has 2 N–H and O–H groups in total. The molecule has 0 unspecified atom stereocenters. The van der Waals surface area contributed by atoms with Crippen molar-refractivity contribution in [1.82, 2.24) is 4.90 Å². The molecule has 0 saturated carbocycles. The summed E-state index contributed by atoms with van der Waals surface area (Å²) in [5.74, 6) is 0.324. The van der Waals surface area contributed by atoms with E-state index in [9.17, 15) is 8.78 Å². The fourth-order valence-corrected chi connectivity index (χ4v) is 2.50. The van der Waals surface area contributed by atoms with Crippen LogP contribution >= 0.6 is 12.4 Å². The Morgan fingerprint density at radius 1 is 1.00 bits per heavy atom. The topological polar surface area (TPSA) is 47.7 Å². The average molecular weight is 373 g/mol. The summed E-state index contributed by atoms with van der Waals surface area (Å²) < 4.78 is 34.7. The average Bonchev–Trinajstić information content (AvgIpc) is 2.56. The van der Waals surface area contributed by atoms with Gasteiger partial charge in [-0.2, -0.15) is 8.78 Å². The van der Waals surface area contributed by atoms with Crippen molar-refractivity contribution < 1.29 is 18.3 Å². The van der Waals surface area contributed by atoms with Crippen molar-refractivity contribution in [1.29, 1.82) is 0 Å². The Bertz CT molecular complexity index is 630. The molecule has 0 atom stereocenters. The maximum absolute atomic E-state index is 12.5. The number of benzene rings is 2. The van der Waals surface area contributed by atoms with Gasteiger partial charge in [-0.1, -0.05) is 36.4 Å². The second-order valence-electron chi connectivity index (χ2n) is 5.35. The van der Waals surface area contributed by atoms with E-state index in [0.29, 0.717) is 19.6 Å². The minimum Gasteiger partial charge on any atom is -0.493 e. The molecular weight excluding hydrogens is 350 g/mol. The number of alkyl halides is 2. The lowest BCUT2D eigenvalue weighted by Gasteiger charge is -2.22. The summed E-state index contributed by atoms with van der Waals surface area (Å²) in [6.07, 6.45) is 0. The Labute approximate surface area is 152 Å². The molecule has 0 heterocycles. The summed E-state index contributed by atoms with van der Waals surface area (Å²) in [6, 6.07) is 15.1. The maximum Gasteiger partial charge on any atom is 0.387 e. The largest absolute Gasteiger partial charge is 0.493 e. The standard InChI is InChI=1S/C18H22F2N2O2.ClH/c1-23-16-8-7-15(11-17(16)24-18(19)20)13-22(10-9-21)12-14-5-3-2-4-6-14;/h2-8,11,18H,9-10,12-13,21H2,1H3;1H. The summed E-state index contributed by atoms with van der Waals surface area (Å²) in [5, 5.41) is 0. The molecule has 0 radical (unpaired) electrons. The zero-order valence-electron chi connectivity index (χ0n) is 14.0. The van der Waals surface area contributed by atoms with Crippen LogP contribution in [0.1, 0.15) is 11.1 Å². The van der Waals surface area contributed by atoms with Crippen LogP contribution in [0, 0.1) is 0 Å². The van der Waals surface area contributed by atoms with Gasteiger partial charge < -0.3 is 15.2 Å². The molecule has 0 aliphatic heterocycles. The van der Waals surface area contributed by atoms with Gasteiger partial charge in [0.05, 0.1) is 7.11 Å². The lowest BCUT2D eigenvalue weighted by Crippen LogP contribution is -2.28. The molecule has 0 saturated heterocycles. The van der Waals surface area contributed by atoms with E-state index in [4.69, 9.17) is 10.5 Å². The van der Waals surface area contributed by atoms with Gasteiger partial charge in [0.2, 0.25) is 0 Å². The van der Waals surface area contributed by atoms with Crippen LogP contribution in [0.3, 0.4) is 0 Å². The van der Waals surface area contributed by atoms with Crippen molar-refractivity contribution in [3.63, 3.8) is 0 Å². The van der Waals surface area contributed by atoms with Crippen LogP contribution < -0.4 is 15.2 Å². The van der Waals surface area contributed by atoms with Gasteiger partial charge in [-0.05, 0) is 23.3 Å². The first-order chi connectivity index (χ1) is 11.6. The Morgan fingerprint density at radius 2 is 1.68 bits per heavy atom. The molecule has 25 heavy (non-hydrogen) atoms. The molecule has 0 bridgehead atoms. The van der Waals surface area contributed by atoms with Crippen LogP contribution in [0.15, 0.2) is 48.5 Å². The number of hydrogen-bond acceptors (Lipinski definition) is 4. The molecule has 0 aliphatic rings. The summed E-state index contributed by atoms with van der Waals surface area (Å²) in [5.41, 5.74) is 7.72. The highest BCUT2D eigenvalue weighted by atomic mass is 35.5. The predicted molar refractivity (Wildman–Crippen MR) is 96.5 cm³/mol. The number of nitrogens with two attached hydrogens (primary N) is 1. The molecule has 0 aliphatic carbocycles. The molecular formula is C18H23ClF2N2O2. The molecule has 7 heteroatoms. The van der Waals surface area contributed by atoms with Gasteiger partial charge in [-0.25, -0.2) is 0 Å². The fourth-order valence-electron chi connectivity index (χ4n) is 2.50. The SMILES string of the molecule is COc1ccc(CN(CCN)Cc2ccccc2)cc1OC(F)F.Cl. The normalized spacial score (nSPS) is 10.6. The van der Waals surface area contributed by atoms with Crippen LogP contribution in [0.25, 0.3) is 0 Å². The van der Waals surface area contributed by atoms with Gasteiger partial charge in [0.25, 0.3) is 0 Å². The first-order valence-corrected chi connectivity index (χ1v) is 7.70. The van der Waals surface area contributed by atoms with Gasteiger partial charge in [-0.15, -0.1) is 12.4 Å². The Kier molecular flexibility index (Phi) is 9.20. The highest BCUT2D eigenvalue weighted by molar-refractivity contribution is 5.85. The molecule has 0 amide bonds. The van der Waals surface area contributed by atoms with Gasteiger partial charge in [-0.3, -0.25) is 4.90 Å². The van der Waals surface area contributed by atoms with Crippen LogP contribution in [-0.2, 0) is 13.1 Å². The fraction of sp³-hybridized carbons (Fsp3) is 0.333. The van der Waals surface area contributed by atoms with Crippen LogP contribution in [-0.4, -0.2) is 31.7 Å².